The molecule has 1 aromatic heterocycles. The van der Waals surface area contributed by atoms with E-state index in [4.69, 9.17) is 4.74 Å². The molecule has 0 aromatic carbocycles. The number of carbonyl (C=O) groups excluding carboxylic acids is 2. The minimum atomic E-state index is -1.05. The summed E-state index contributed by atoms with van der Waals surface area (Å²) in [5.41, 5.74) is 0.303. The lowest BCUT2D eigenvalue weighted by atomic mass is 10.2. The summed E-state index contributed by atoms with van der Waals surface area (Å²) in [6.07, 6.45) is 2.85. The SMILES string of the molecule is O=C(c1cn(C[C@@H]2C[C@H](F)CN2C(=O)N2CCOCC2)nn1)N1CCCC1. The molecule has 3 aliphatic rings. The predicted molar refractivity (Wildman–Crippen MR) is 93.0 cm³/mol. The van der Waals surface area contributed by atoms with Crippen LogP contribution < -0.4 is 0 Å². The molecule has 9 nitrogen and oxygen atoms in total. The van der Waals surface area contributed by atoms with Crippen molar-refractivity contribution in [1.29, 1.82) is 0 Å². The first kappa shape index (κ1) is 18.1. The fourth-order valence-corrected chi connectivity index (χ4v) is 3.99. The average Bonchev–Trinajstić information content (AvgIpc) is 3.43. The van der Waals surface area contributed by atoms with E-state index in [1.165, 1.54) is 0 Å². The predicted octanol–water partition coefficient (Wildman–Crippen LogP) is 0.379. The Morgan fingerprint density at radius 1 is 1.15 bits per heavy atom. The van der Waals surface area contributed by atoms with Crippen LogP contribution in [0.2, 0.25) is 0 Å². The maximum Gasteiger partial charge on any atom is 0.320 e. The van der Waals surface area contributed by atoms with E-state index in [0.29, 0.717) is 38.5 Å². The monoisotopic (exact) mass is 380 g/mol. The Morgan fingerprint density at radius 2 is 1.89 bits per heavy atom. The summed E-state index contributed by atoms with van der Waals surface area (Å²) in [5.74, 6) is -0.116. The smallest absolute Gasteiger partial charge is 0.320 e. The average molecular weight is 380 g/mol. The number of hydrogen-bond donors (Lipinski definition) is 0. The first-order chi connectivity index (χ1) is 13.1. The third-order valence-corrected chi connectivity index (χ3v) is 5.44. The molecule has 4 heterocycles. The van der Waals surface area contributed by atoms with E-state index in [1.807, 2.05) is 0 Å². The number of likely N-dealkylation sites (tertiary alicyclic amines) is 2. The van der Waals surface area contributed by atoms with Gasteiger partial charge < -0.3 is 19.4 Å². The van der Waals surface area contributed by atoms with Gasteiger partial charge in [0.15, 0.2) is 5.69 Å². The fourth-order valence-electron chi connectivity index (χ4n) is 3.99. The highest BCUT2D eigenvalue weighted by atomic mass is 19.1. The lowest BCUT2D eigenvalue weighted by Crippen LogP contribution is -2.50. The summed E-state index contributed by atoms with van der Waals surface area (Å²) in [5, 5.41) is 8.01. The standard InChI is InChI=1S/C17H25FN6O3/c18-13-9-14(24(10-13)17(26)22-5-7-27-8-6-22)11-23-12-15(19-20-23)16(25)21-3-1-2-4-21/h12-14H,1-11H2/t13-,14-/m0/s1. The van der Waals surface area contributed by atoms with Crippen molar-refractivity contribution in [3.05, 3.63) is 11.9 Å². The quantitative estimate of drug-likeness (QED) is 0.757. The molecule has 0 N–H and O–H groups in total. The molecule has 27 heavy (non-hydrogen) atoms. The summed E-state index contributed by atoms with van der Waals surface area (Å²) in [6, 6.07) is -0.455. The molecule has 0 aliphatic carbocycles. The Labute approximate surface area is 157 Å². The zero-order valence-electron chi connectivity index (χ0n) is 15.3. The maximum atomic E-state index is 14.0. The molecule has 3 aliphatic heterocycles. The van der Waals surface area contributed by atoms with Crippen LogP contribution in [0.15, 0.2) is 6.20 Å². The van der Waals surface area contributed by atoms with Crippen LogP contribution in [0.5, 0.6) is 0 Å². The van der Waals surface area contributed by atoms with Gasteiger partial charge in [-0.15, -0.1) is 5.10 Å². The van der Waals surface area contributed by atoms with Gasteiger partial charge in [0.2, 0.25) is 0 Å². The zero-order chi connectivity index (χ0) is 18.8. The molecule has 0 spiro atoms. The van der Waals surface area contributed by atoms with Crippen LogP contribution in [0.4, 0.5) is 9.18 Å². The number of nitrogens with zero attached hydrogens (tertiary/aromatic N) is 6. The van der Waals surface area contributed by atoms with Gasteiger partial charge in [-0.05, 0) is 12.8 Å². The molecule has 0 bridgehead atoms. The Bertz CT molecular complexity index is 686. The third kappa shape index (κ3) is 3.90. The molecule has 10 heteroatoms. The number of urea groups is 1. The van der Waals surface area contributed by atoms with Gasteiger partial charge in [0.25, 0.3) is 5.91 Å². The molecular formula is C17H25FN6O3. The van der Waals surface area contributed by atoms with Gasteiger partial charge in [0, 0.05) is 32.6 Å². The second-order valence-corrected chi connectivity index (χ2v) is 7.35. The molecule has 1 aromatic rings. The van der Waals surface area contributed by atoms with E-state index in [-0.39, 0.29) is 30.9 Å². The zero-order valence-corrected chi connectivity index (χ0v) is 15.3. The first-order valence-corrected chi connectivity index (χ1v) is 9.58. The van der Waals surface area contributed by atoms with E-state index in [1.54, 1.807) is 25.6 Å². The highest BCUT2D eigenvalue weighted by Gasteiger charge is 2.38. The van der Waals surface area contributed by atoms with Crippen molar-refractivity contribution in [3.8, 4) is 0 Å². The molecule has 3 amide bonds. The van der Waals surface area contributed by atoms with Crippen molar-refractivity contribution in [2.24, 2.45) is 0 Å². The number of ether oxygens (including phenoxy) is 1. The maximum absolute atomic E-state index is 14.0. The van der Waals surface area contributed by atoms with Crippen molar-refractivity contribution >= 4 is 11.9 Å². The Hall–Kier alpha value is -2.23. The van der Waals surface area contributed by atoms with Gasteiger partial charge in [0.1, 0.15) is 6.17 Å². The van der Waals surface area contributed by atoms with Crippen molar-refractivity contribution in [2.45, 2.75) is 38.0 Å². The number of alkyl halides is 1. The number of hydrogen-bond acceptors (Lipinski definition) is 5. The summed E-state index contributed by atoms with van der Waals surface area (Å²) in [6.45, 7) is 3.99. The van der Waals surface area contributed by atoms with Crippen LogP contribution in [0.1, 0.15) is 29.8 Å². The van der Waals surface area contributed by atoms with Crippen molar-refractivity contribution in [3.63, 3.8) is 0 Å². The minimum absolute atomic E-state index is 0.0924. The van der Waals surface area contributed by atoms with E-state index >= 15 is 0 Å². The highest BCUT2D eigenvalue weighted by molar-refractivity contribution is 5.92. The molecule has 0 unspecified atom stereocenters. The van der Waals surface area contributed by atoms with Crippen LogP contribution in [-0.4, -0.2) is 99.8 Å². The van der Waals surface area contributed by atoms with Gasteiger partial charge in [0.05, 0.1) is 38.5 Å². The number of carbonyl (C=O) groups is 2. The number of halogens is 1. The largest absolute Gasteiger partial charge is 0.378 e. The van der Waals surface area contributed by atoms with Gasteiger partial charge in [-0.2, -0.15) is 0 Å². The van der Waals surface area contributed by atoms with Crippen LogP contribution in [0.3, 0.4) is 0 Å². The topological polar surface area (TPSA) is 83.8 Å². The van der Waals surface area contributed by atoms with Gasteiger partial charge in [-0.3, -0.25) is 4.79 Å². The fraction of sp³-hybridized carbons (Fsp3) is 0.765. The summed E-state index contributed by atoms with van der Waals surface area (Å²) >= 11 is 0. The second kappa shape index (κ2) is 7.79. The van der Waals surface area contributed by atoms with Gasteiger partial charge in [-0.1, -0.05) is 5.21 Å². The lowest BCUT2D eigenvalue weighted by molar-refractivity contribution is 0.0411. The third-order valence-electron chi connectivity index (χ3n) is 5.44. The van der Waals surface area contributed by atoms with Crippen LogP contribution >= 0.6 is 0 Å². The van der Waals surface area contributed by atoms with Crippen molar-refractivity contribution < 1.29 is 18.7 Å². The Kier molecular flexibility index (Phi) is 5.24. The molecular weight excluding hydrogens is 355 g/mol. The number of aromatic nitrogens is 3. The molecule has 2 atom stereocenters. The minimum Gasteiger partial charge on any atom is -0.378 e. The summed E-state index contributed by atoms with van der Waals surface area (Å²) < 4.78 is 20.9. The lowest BCUT2D eigenvalue weighted by Gasteiger charge is -2.33. The summed E-state index contributed by atoms with van der Waals surface area (Å²) in [7, 11) is 0. The van der Waals surface area contributed by atoms with E-state index in [9.17, 15) is 14.0 Å². The van der Waals surface area contributed by atoms with Crippen LogP contribution in [0, 0.1) is 0 Å². The molecule has 0 saturated carbocycles. The molecule has 3 fully saturated rings. The molecule has 3 saturated heterocycles. The number of morpholine rings is 1. The normalized spacial score (nSPS) is 26.0. The van der Waals surface area contributed by atoms with Crippen molar-refractivity contribution in [2.75, 3.05) is 45.9 Å². The van der Waals surface area contributed by atoms with Crippen molar-refractivity contribution in [1.82, 2.24) is 29.7 Å². The summed E-state index contributed by atoms with van der Waals surface area (Å²) in [4.78, 5) is 30.2. The number of rotatable bonds is 3. The van der Waals surface area contributed by atoms with Crippen LogP contribution in [-0.2, 0) is 11.3 Å². The van der Waals surface area contributed by atoms with E-state index in [0.717, 1.165) is 25.9 Å². The Morgan fingerprint density at radius 3 is 2.63 bits per heavy atom. The molecule has 4 rings (SSSR count). The first-order valence-electron chi connectivity index (χ1n) is 9.58. The van der Waals surface area contributed by atoms with Gasteiger partial charge in [-0.25, -0.2) is 13.9 Å². The van der Waals surface area contributed by atoms with E-state index in [2.05, 4.69) is 10.3 Å². The van der Waals surface area contributed by atoms with E-state index < -0.39 is 6.17 Å². The van der Waals surface area contributed by atoms with Gasteiger partial charge >= 0.3 is 6.03 Å². The molecule has 0 radical (unpaired) electrons. The highest BCUT2D eigenvalue weighted by Crippen LogP contribution is 2.24. The molecule has 148 valence electrons. The second-order valence-electron chi connectivity index (χ2n) is 7.35. The number of amides is 3. The Balaban J connectivity index is 1.41. The van der Waals surface area contributed by atoms with Crippen LogP contribution in [0.25, 0.3) is 0 Å².